The quantitative estimate of drug-likeness (QED) is 0.749. The van der Waals surface area contributed by atoms with Gasteiger partial charge in [0, 0.05) is 42.9 Å². The van der Waals surface area contributed by atoms with E-state index in [-0.39, 0.29) is 17.7 Å². The van der Waals surface area contributed by atoms with Crippen molar-refractivity contribution in [1.29, 1.82) is 0 Å². The lowest BCUT2D eigenvalue weighted by Crippen LogP contribution is -2.44. The maximum absolute atomic E-state index is 13.4. The van der Waals surface area contributed by atoms with Crippen LogP contribution < -0.4 is 14.4 Å². The van der Waals surface area contributed by atoms with Gasteiger partial charge >= 0.3 is 0 Å². The second-order valence-corrected chi connectivity index (χ2v) is 8.24. The Morgan fingerprint density at radius 2 is 1.58 bits per heavy atom. The number of rotatable bonds is 4. The summed E-state index contributed by atoms with van der Waals surface area (Å²) in [6.07, 6.45) is 4.53. The van der Waals surface area contributed by atoms with E-state index in [9.17, 15) is 9.59 Å². The van der Waals surface area contributed by atoms with Gasteiger partial charge in [0.2, 0.25) is 5.91 Å². The van der Waals surface area contributed by atoms with Crippen LogP contribution in [0.4, 0.5) is 5.69 Å². The first kappa shape index (κ1) is 21.2. The number of methoxy groups -OCH3 is 2. The summed E-state index contributed by atoms with van der Waals surface area (Å²) in [7, 11) is 3.14. The van der Waals surface area contributed by atoms with Crippen molar-refractivity contribution in [3.8, 4) is 11.5 Å². The molecule has 0 N–H and O–H groups in total. The molecule has 1 saturated heterocycles. The molecule has 6 nitrogen and oxygen atoms in total. The first-order valence-corrected chi connectivity index (χ1v) is 11.0. The Labute approximate surface area is 183 Å². The molecule has 2 aromatic rings. The van der Waals surface area contributed by atoms with Crippen molar-refractivity contribution in [3.63, 3.8) is 0 Å². The maximum Gasteiger partial charge on any atom is 0.254 e. The molecule has 2 aromatic carbocycles. The molecule has 4 rings (SSSR count). The van der Waals surface area contributed by atoms with Gasteiger partial charge in [0.1, 0.15) is 11.5 Å². The number of fused-ring (bicyclic) bond motifs is 1. The minimum atomic E-state index is -0.0526. The lowest BCUT2D eigenvalue weighted by Gasteiger charge is -2.34. The molecule has 0 atom stereocenters. The highest BCUT2D eigenvalue weighted by molar-refractivity contribution is 5.97. The fourth-order valence-electron chi connectivity index (χ4n) is 4.58. The number of nitrogens with zero attached hydrogens (tertiary/aromatic N) is 2. The van der Waals surface area contributed by atoms with Crippen LogP contribution >= 0.6 is 0 Å². The number of likely N-dealkylation sites (tertiary alicyclic amines) is 1. The van der Waals surface area contributed by atoms with E-state index < -0.39 is 0 Å². The molecule has 0 aromatic heterocycles. The first-order valence-electron chi connectivity index (χ1n) is 11.0. The van der Waals surface area contributed by atoms with Crippen LogP contribution in [-0.2, 0) is 11.2 Å². The first-order chi connectivity index (χ1) is 15.1. The van der Waals surface area contributed by atoms with Crippen LogP contribution in [0.3, 0.4) is 0 Å². The number of carbonyl (C=O) groups is 2. The van der Waals surface area contributed by atoms with Crippen LogP contribution in [0.1, 0.15) is 41.6 Å². The lowest BCUT2D eigenvalue weighted by molar-refractivity contribution is -0.123. The number of anilines is 1. The molecule has 31 heavy (non-hydrogen) atoms. The summed E-state index contributed by atoms with van der Waals surface area (Å²) in [5, 5.41) is 0. The Morgan fingerprint density at radius 3 is 2.26 bits per heavy atom. The second kappa shape index (κ2) is 9.41. The molecule has 2 heterocycles. The highest BCUT2D eigenvalue weighted by atomic mass is 16.5. The van der Waals surface area contributed by atoms with Crippen LogP contribution in [-0.4, -0.2) is 50.6 Å². The van der Waals surface area contributed by atoms with Crippen molar-refractivity contribution in [3.05, 3.63) is 53.6 Å². The number of para-hydroxylation sites is 1. The largest absolute Gasteiger partial charge is 0.497 e. The third-order valence-electron chi connectivity index (χ3n) is 6.36. The van der Waals surface area contributed by atoms with Gasteiger partial charge in [-0.3, -0.25) is 9.59 Å². The summed E-state index contributed by atoms with van der Waals surface area (Å²) < 4.78 is 10.6. The zero-order valence-electron chi connectivity index (χ0n) is 18.3. The lowest BCUT2D eigenvalue weighted by atomic mass is 9.94. The molecule has 0 radical (unpaired) electrons. The van der Waals surface area contributed by atoms with Gasteiger partial charge in [-0.05, 0) is 55.9 Å². The molecule has 2 aliphatic rings. The molecule has 2 amide bonds. The second-order valence-electron chi connectivity index (χ2n) is 8.24. The van der Waals surface area contributed by atoms with Crippen LogP contribution in [0.2, 0.25) is 0 Å². The Hall–Kier alpha value is -3.02. The molecule has 0 bridgehead atoms. The molecule has 164 valence electrons. The topological polar surface area (TPSA) is 59.1 Å². The van der Waals surface area contributed by atoms with Gasteiger partial charge in [0.15, 0.2) is 0 Å². The van der Waals surface area contributed by atoms with Crippen LogP contribution in [0.25, 0.3) is 0 Å². The average molecular weight is 423 g/mol. The summed E-state index contributed by atoms with van der Waals surface area (Å²) in [6, 6.07) is 13.5. The summed E-state index contributed by atoms with van der Waals surface area (Å²) in [5.41, 5.74) is 2.86. The predicted molar refractivity (Wildman–Crippen MR) is 120 cm³/mol. The summed E-state index contributed by atoms with van der Waals surface area (Å²) in [5.74, 6) is 1.28. The molecule has 0 spiro atoms. The fourth-order valence-corrected chi connectivity index (χ4v) is 4.58. The van der Waals surface area contributed by atoms with Crippen molar-refractivity contribution < 1.29 is 19.1 Å². The third kappa shape index (κ3) is 4.53. The smallest absolute Gasteiger partial charge is 0.254 e. The normalized spacial score (nSPS) is 17.0. The molecular formula is C25H30N2O4. The van der Waals surface area contributed by atoms with Crippen molar-refractivity contribution >= 4 is 17.5 Å². The highest BCUT2D eigenvalue weighted by Gasteiger charge is 2.32. The maximum atomic E-state index is 13.4. The number of amides is 2. The summed E-state index contributed by atoms with van der Waals surface area (Å²) in [6.45, 7) is 1.92. The molecule has 0 aliphatic carbocycles. The van der Waals surface area contributed by atoms with Gasteiger partial charge in [-0.25, -0.2) is 0 Å². The van der Waals surface area contributed by atoms with Crippen molar-refractivity contribution in [1.82, 2.24) is 4.90 Å². The highest BCUT2D eigenvalue weighted by Crippen LogP contribution is 2.30. The molecule has 2 aliphatic heterocycles. The molecule has 0 saturated carbocycles. The number of benzene rings is 2. The Balaban J connectivity index is 1.43. The zero-order valence-corrected chi connectivity index (χ0v) is 18.3. The Bertz CT molecular complexity index is 928. The van der Waals surface area contributed by atoms with Crippen molar-refractivity contribution in [2.24, 2.45) is 5.92 Å². The van der Waals surface area contributed by atoms with Gasteiger partial charge in [-0.2, -0.15) is 0 Å². The van der Waals surface area contributed by atoms with E-state index in [0.717, 1.165) is 31.5 Å². The van der Waals surface area contributed by atoms with E-state index in [1.807, 2.05) is 21.9 Å². The minimum Gasteiger partial charge on any atom is -0.497 e. The minimum absolute atomic E-state index is 0.0462. The number of hydrogen-bond acceptors (Lipinski definition) is 4. The van der Waals surface area contributed by atoms with Crippen LogP contribution in [0.15, 0.2) is 42.5 Å². The monoisotopic (exact) mass is 422 g/mol. The van der Waals surface area contributed by atoms with E-state index in [0.29, 0.717) is 43.0 Å². The van der Waals surface area contributed by atoms with E-state index in [1.165, 1.54) is 5.56 Å². The molecule has 1 fully saturated rings. The van der Waals surface area contributed by atoms with Crippen molar-refractivity contribution in [2.75, 3.05) is 38.8 Å². The van der Waals surface area contributed by atoms with Gasteiger partial charge < -0.3 is 19.3 Å². The van der Waals surface area contributed by atoms with Gasteiger partial charge in [-0.15, -0.1) is 0 Å². The molecular weight excluding hydrogens is 392 g/mol. The van der Waals surface area contributed by atoms with Gasteiger partial charge in [0.25, 0.3) is 5.91 Å². The number of piperidine rings is 1. The number of carbonyl (C=O) groups excluding carboxylic acids is 2. The number of ether oxygens (including phenoxy) is 2. The molecule has 6 heteroatoms. The Kier molecular flexibility index (Phi) is 6.44. The standard InChI is InChI=1S/C25H30N2O4/c1-30-21-15-20(16-22(17-21)31-2)24(28)26-13-10-19(11-14-26)25(29)27-12-6-5-8-18-7-3-4-9-23(18)27/h3-4,7,9,15-17,19H,5-6,8,10-14H2,1-2H3. The van der Waals surface area contributed by atoms with Crippen LogP contribution in [0.5, 0.6) is 11.5 Å². The molecule has 0 unspecified atom stereocenters. The van der Waals surface area contributed by atoms with E-state index >= 15 is 0 Å². The van der Waals surface area contributed by atoms with E-state index in [4.69, 9.17) is 9.47 Å². The predicted octanol–water partition coefficient (Wildman–Crippen LogP) is 3.93. The van der Waals surface area contributed by atoms with Gasteiger partial charge in [0.05, 0.1) is 14.2 Å². The Morgan fingerprint density at radius 1 is 0.903 bits per heavy atom. The number of hydrogen-bond donors (Lipinski definition) is 0. The average Bonchev–Trinajstić information content (AvgIpc) is 3.05. The van der Waals surface area contributed by atoms with E-state index in [2.05, 4.69) is 12.1 Å². The fraction of sp³-hybridized carbons (Fsp3) is 0.440. The summed E-state index contributed by atoms with van der Waals surface area (Å²) in [4.78, 5) is 30.2. The summed E-state index contributed by atoms with van der Waals surface area (Å²) >= 11 is 0. The van der Waals surface area contributed by atoms with E-state index in [1.54, 1.807) is 32.4 Å². The SMILES string of the molecule is COc1cc(OC)cc(C(=O)N2CCC(C(=O)N3CCCCc4ccccc43)CC2)c1. The van der Waals surface area contributed by atoms with Crippen LogP contribution in [0, 0.1) is 5.92 Å². The van der Waals surface area contributed by atoms with Gasteiger partial charge in [-0.1, -0.05) is 18.2 Å². The van der Waals surface area contributed by atoms with Crippen molar-refractivity contribution in [2.45, 2.75) is 32.1 Å². The number of aryl methyl sites for hydroxylation is 1. The third-order valence-corrected chi connectivity index (χ3v) is 6.36. The zero-order chi connectivity index (χ0) is 21.8.